The van der Waals surface area contributed by atoms with Crippen LogP contribution in [-0.2, 0) is 14.6 Å². The van der Waals surface area contributed by atoms with Gasteiger partial charge in [0.15, 0.2) is 5.96 Å². The van der Waals surface area contributed by atoms with E-state index in [4.69, 9.17) is 0 Å². The van der Waals surface area contributed by atoms with Crippen molar-refractivity contribution in [2.45, 2.75) is 47.5 Å². The van der Waals surface area contributed by atoms with E-state index in [0.717, 1.165) is 19.6 Å². The number of amides is 1. The minimum atomic E-state index is -2.96. The smallest absolute Gasteiger partial charge is 0.224 e. The van der Waals surface area contributed by atoms with Crippen molar-refractivity contribution in [1.82, 2.24) is 15.5 Å². The first-order chi connectivity index (χ1) is 11.5. The Morgan fingerprint density at radius 1 is 1.12 bits per heavy atom. The van der Waals surface area contributed by atoms with Crippen molar-refractivity contribution < 1.29 is 13.2 Å². The normalized spacial score (nSPS) is 12.3. The molecule has 26 heavy (non-hydrogen) atoms. The van der Waals surface area contributed by atoms with Gasteiger partial charge in [0.25, 0.3) is 0 Å². The number of hydrogen-bond donors (Lipinski definition) is 2. The molecule has 0 atom stereocenters. The van der Waals surface area contributed by atoms with Gasteiger partial charge in [0, 0.05) is 45.4 Å². The molecule has 0 saturated carbocycles. The Labute approximate surface area is 176 Å². The second kappa shape index (κ2) is 13.6. The zero-order chi connectivity index (χ0) is 19.5. The summed E-state index contributed by atoms with van der Waals surface area (Å²) in [6, 6.07) is 0. The molecule has 0 rings (SSSR count). The molecule has 0 unspecified atom stereocenters. The molecule has 0 aliphatic carbocycles. The van der Waals surface area contributed by atoms with Gasteiger partial charge in [-0.05, 0) is 32.6 Å². The molecule has 0 aromatic rings. The molecule has 0 fully saturated rings. The third-order valence-electron chi connectivity index (χ3n) is 3.91. The molecular weight excluding hydrogens is 467 g/mol. The van der Waals surface area contributed by atoms with Crippen LogP contribution in [0.3, 0.4) is 0 Å². The van der Waals surface area contributed by atoms with E-state index >= 15 is 0 Å². The molecule has 0 aromatic heterocycles. The molecule has 0 radical (unpaired) electrons. The van der Waals surface area contributed by atoms with E-state index in [1.54, 1.807) is 4.90 Å². The van der Waals surface area contributed by atoms with Gasteiger partial charge in [-0.15, -0.1) is 24.0 Å². The van der Waals surface area contributed by atoms with Crippen molar-refractivity contribution in [2.75, 3.05) is 44.7 Å². The van der Waals surface area contributed by atoms with Crippen LogP contribution < -0.4 is 10.6 Å². The van der Waals surface area contributed by atoms with Crippen molar-refractivity contribution in [3.63, 3.8) is 0 Å². The Bertz CT molecular complexity index is 532. The first-order valence-corrected chi connectivity index (χ1v) is 11.1. The molecule has 1 amide bonds. The summed E-state index contributed by atoms with van der Waals surface area (Å²) >= 11 is 0. The summed E-state index contributed by atoms with van der Waals surface area (Å²) in [5, 5.41) is 6.33. The molecule has 0 heterocycles. The number of sulfone groups is 1. The highest BCUT2D eigenvalue weighted by molar-refractivity contribution is 14.0. The van der Waals surface area contributed by atoms with Gasteiger partial charge in [0.1, 0.15) is 9.84 Å². The van der Waals surface area contributed by atoms with E-state index < -0.39 is 9.84 Å². The maximum atomic E-state index is 12.0. The summed E-state index contributed by atoms with van der Waals surface area (Å²) in [5.74, 6) is 0.946. The van der Waals surface area contributed by atoms with Crippen molar-refractivity contribution in [2.24, 2.45) is 10.4 Å². The molecule has 7 nitrogen and oxygen atoms in total. The molecule has 9 heteroatoms. The number of nitrogens with one attached hydrogen (secondary N) is 2. The quantitative estimate of drug-likeness (QED) is 0.255. The van der Waals surface area contributed by atoms with E-state index in [1.807, 2.05) is 34.6 Å². The Hall–Kier alpha value is -0.580. The molecule has 0 aliphatic rings. The fourth-order valence-corrected chi connectivity index (χ4v) is 3.12. The van der Waals surface area contributed by atoms with Crippen LogP contribution in [0.1, 0.15) is 47.5 Å². The lowest BCUT2D eigenvalue weighted by Crippen LogP contribution is -2.40. The minimum absolute atomic E-state index is 0. The monoisotopic (exact) mass is 504 g/mol. The first-order valence-electron chi connectivity index (χ1n) is 9.02. The summed E-state index contributed by atoms with van der Waals surface area (Å²) < 4.78 is 22.7. The SMILES string of the molecule is CCNC(=NCC(C)(C)CCS(C)(=O)=O)NCCC(=O)N(CC)CC.I. The maximum Gasteiger partial charge on any atom is 0.224 e. The Kier molecular flexibility index (Phi) is 14.4. The van der Waals surface area contributed by atoms with Gasteiger partial charge in [-0.3, -0.25) is 9.79 Å². The fraction of sp³-hybridized carbons (Fsp3) is 0.882. The van der Waals surface area contributed by atoms with Crippen LogP contribution in [0.25, 0.3) is 0 Å². The van der Waals surface area contributed by atoms with Gasteiger partial charge >= 0.3 is 0 Å². The number of guanidine groups is 1. The molecule has 0 aliphatic heterocycles. The lowest BCUT2D eigenvalue weighted by Gasteiger charge is -2.23. The van der Waals surface area contributed by atoms with Crippen molar-refractivity contribution >= 4 is 45.7 Å². The van der Waals surface area contributed by atoms with Gasteiger partial charge in [-0.2, -0.15) is 0 Å². The number of carbonyl (C=O) groups is 1. The minimum Gasteiger partial charge on any atom is -0.357 e. The van der Waals surface area contributed by atoms with Crippen molar-refractivity contribution in [1.29, 1.82) is 0 Å². The van der Waals surface area contributed by atoms with Crippen LogP contribution in [0.15, 0.2) is 4.99 Å². The van der Waals surface area contributed by atoms with E-state index in [2.05, 4.69) is 15.6 Å². The Morgan fingerprint density at radius 2 is 1.69 bits per heavy atom. The van der Waals surface area contributed by atoms with Crippen LogP contribution in [0.4, 0.5) is 0 Å². The standard InChI is InChI=1S/C17H36N4O3S.HI/c1-7-18-16(19-12-10-15(22)21(8-2)9-3)20-14-17(4,5)11-13-25(6,23)24;/h7-14H2,1-6H3,(H2,18,19,20);1H. The van der Waals surface area contributed by atoms with Crippen LogP contribution in [0.5, 0.6) is 0 Å². The summed E-state index contributed by atoms with van der Waals surface area (Å²) in [7, 11) is -2.96. The highest BCUT2D eigenvalue weighted by atomic mass is 127. The Balaban J connectivity index is 0. The van der Waals surface area contributed by atoms with Gasteiger partial charge in [-0.1, -0.05) is 13.8 Å². The molecule has 156 valence electrons. The number of carbonyl (C=O) groups excluding carboxylic acids is 1. The summed E-state index contributed by atoms with van der Waals surface area (Å²) in [6.07, 6.45) is 2.24. The first kappa shape index (κ1) is 27.6. The largest absolute Gasteiger partial charge is 0.357 e. The number of aliphatic imine (C=N–C) groups is 1. The second-order valence-electron chi connectivity index (χ2n) is 6.98. The predicted octanol–water partition coefficient (Wildman–Crippen LogP) is 1.88. The van der Waals surface area contributed by atoms with Crippen LogP contribution in [0.2, 0.25) is 0 Å². The third kappa shape index (κ3) is 13.6. The number of hydrogen-bond acceptors (Lipinski definition) is 4. The lowest BCUT2D eigenvalue weighted by molar-refractivity contribution is -0.130. The average molecular weight is 504 g/mol. The van der Waals surface area contributed by atoms with Crippen LogP contribution in [0, 0.1) is 5.41 Å². The average Bonchev–Trinajstić information content (AvgIpc) is 2.51. The van der Waals surface area contributed by atoms with Gasteiger partial charge in [0.05, 0.1) is 5.75 Å². The zero-order valence-electron chi connectivity index (χ0n) is 17.1. The fourth-order valence-electron chi connectivity index (χ4n) is 2.20. The highest BCUT2D eigenvalue weighted by Crippen LogP contribution is 2.21. The summed E-state index contributed by atoms with van der Waals surface area (Å²) in [5.41, 5.74) is -0.206. The van der Waals surface area contributed by atoms with Gasteiger partial charge in [-0.25, -0.2) is 8.42 Å². The molecule has 0 spiro atoms. The zero-order valence-corrected chi connectivity index (χ0v) is 20.2. The third-order valence-corrected chi connectivity index (χ3v) is 4.85. The van der Waals surface area contributed by atoms with Crippen LogP contribution >= 0.6 is 24.0 Å². The van der Waals surface area contributed by atoms with Gasteiger partial charge in [0.2, 0.25) is 5.91 Å². The highest BCUT2D eigenvalue weighted by Gasteiger charge is 2.20. The number of halogens is 1. The molecule has 0 bridgehead atoms. The van der Waals surface area contributed by atoms with Crippen LogP contribution in [-0.4, -0.2) is 69.9 Å². The number of nitrogens with zero attached hydrogens (tertiary/aromatic N) is 2. The second-order valence-corrected chi connectivity index (χ2v) is 9.24. The molecule has 0 aromatic carbocycles. The van der Waals surface area contributed by atoms with Crippen molar-refractivity contribution in [3.8, 4) is 0 Å². The lowest BCUT2D eigenvalue weighted by atomic mass is 9.90. The molecule has 2 N–H and O–H groups in total. The van der Waals surface area contributed by atoms with Gasteiger partial charge < -0.3 is 15.5 Å². The van der Waals surface area contributed by atoms with E-state index in [0.29, 0.717) is 31.9 Å². The number of rotatable bonds is 11. The summed E-state index contributed by atoms with van der Waals surface area (Å²) in [4.78, 5) is 18.4. The predicted molar refractivity (Wildman–Crippen MR) is 120 cm³/mol. The van der Waals surface area contributed by atoms with Crippen molar-refractivity contribution in [3.05, 3.63) is 0 Å². The Morgan fingerprint density at radius 3 is 2.15 bits per heavy atom. The van der Waals surface area contributed by atoms with E-state index in [-0.39, 0.29) is 41.1 Å². The summed E-state index contributed by atoms with van der Waals surface area (Å²) in [6.45, 7) is 13.1. The van der Waals surface area contributed by atoms with E-state index in [1.165, 1.54) is 6.26 Å². The molecule has 0 saturated heterocycles. The van der Waals surface area contributed by atoms with E-state index in [9.17, 15) is 13.2 Å². The maximum absolute atomic E-state index is 12.0. The topological polar surface area (TPSA) is 90.9 Å². The molecular formula is C17H37IN4O3S.